The predicted octanol–water partition coefficient (Wildman–Crippen LogP) is 2.60. The van der Waals surface area contributed by atoms with Gasteiger partial charge in [-0.25, -0.2) is 0 Å². The van der Waals surface area contributed by atoms with Gasteiger partial charge in [-0.2, -0.15) is 0 Å². The summed E-state index contributed by atoms with van der Waals surface area (Å²) in [4.78, 5) is 10.9. The number of carbonyl (C=O) groups is 1. The van der Waals surface area contributed by atoms with Gasteiger partial charge in [-0.05, 0) is 48.4 Å². The Morgan fingerprint density at radius 3 is 2.47 bits per heavy atom. The standard InChI is InChI=1S/C14H19NO2/c1-10(14(2)7-8-14)9-17-12-5-3-11(4-6-12)13(15)16/h3-6,10H,7-9H2,1-2H3,(H2,15,16). The molecule has 1 atom stereocenters. The van der Waals surface area contributed by atoms with Crippen LogP contribution in [0, 0.1) is 11.3 Å². The lowest BCUT2D eigenvalue weighted by Gasteiger charge is -2.19. The van der Waals surface area contributed by atoms with Crippen molar-refractivity contribution in [3.05, 3.63) is 29.8 Å². The zero-order valence-electron chi connectivity index (χ0n) is 10.4. The molecular weight excluding hydrogens is 214 g/mol. The zero-order valence-corrected chi connectivity index (χ0v) is 10.4. The van der Waals surface area contributed by atoms with Crippen LogP contribution in [0.5, 0.6) is 5.75 Å². The lowest BCUT2D eigenvalue weighted by molar-refractivity contribution is 0.1000. The van der Waals surface area contributed by atoms with E-state index in [1.807, 2.05) is 0 Å². The number of carbonyl (C=O) groups excluding carboxylic acids is 1. The van der Waals surface area contributed by atoms with E-state index in [2.05, 4.69) is 13.8 Å². The van der Waals surface area contributed by atoms with E-state index in [4.69, 9.17) is 10.5 Å². The fourth-order valence-corrected chi connectivity index (χ4v) is 1.83. The second kappa shape index (κ2) is 4.40. The molecular formula is C14H19NO2. The van der Waals surface area contributed by atoms with Gasteiger partial charge in [0.2, 0.25) is 5.91 Å². The van der Waals surface area contributed by atoms with Gasteiger partial charge in [0.25, 0.3) is 0 Å². The molecule has 3 heteroatoms. The Kier molecular flexibility index (Phi) is 3.09. The fourth-order valence-electron chi connectivity index (χ4n) is 1.83. The lowest BCUT2D eigenvalue weighted by atomic mass is 9.94. The van der Waals surface area contributed by atoms with E-state index in [0.29, 0.717) is 16.9 Å². The Morgan fingerprint density at radius 1 is 1.41 bits per heavy atom. The predicted molar refractivity (Wildman–Crippen MR) is 67.0 cm³/mol. The topological polar surface area (TPSA) is 52.3 Å². The van der Waals surface area contributed by atoms with Crippen LogP contribution in [0.1, 0.15) is 37.0 Å². The maximum Gasteiger partial charge on any atom is 0.248 e. The summed E-state index contributed by atoms with van der Waals surface area (Å²) in [6, 6.07) is 6.98. The highest BCUT2D eigenvalue weighted by Gasteiger charge is 2.42. The third kappa shape index (κ3) is 2.78. The van der Waals surface area contributed by atoms with E-state index >= 15 is 0 Å². The number of rotatable bonds is 5. The third-order valence-electron chi connectivity index (χ3n) is 3.87. The number of ether oxygens (including phenoxy) is 1. The summed E-state index contributed by atoms with van der Waals surface area (Å²) in [5.41, 5.74) is 6.16. The van der Waals surface area contributed by atoms with Gasteiger partial charge < -0.3 is 10.5 Å². The van der Waals surface area contributed by atoms with Gasteiger partial charge in [-0.3, -0.25) is 4.79 Å². The zero-order chi connectivity index (χ0) is 12.5. The molecule has 1 fully saturated rings. The normalized spacial score (nSPS) is 18.5. The van der Waals surface area contributed by atoms with Crippen LogP contribution in [0.15, 0.2) is 24.3 Å². The molecule has 0 heterocycles. The van der Waals surface area contributed by atoms with E-state index in [9.17, 15) is 4.79 Å². The van der Waals surface area contributed by atoms with Gasteiger partial charge in [0.15, 0.2) is 0 Å². The van der Waals surface area contributed by atoms with Crippen LogP contribution in [0.4, 0.5) is 0 Å². The SMILES string of the molecule is CC(COc1ccc(C(N)=O)cc1)C1(C)CC1. The summed E-state index contributed by atoms with van der Waals surface area (Å²) >= 11 is 0. The summed E-state index contributed by atoms with van der Waals surface area (Å²) in [6.45, 7) is 5.26. The van der Waals surface area contributed by atoms with Crippen LogP contribution in [0.25, 0.3) is 0 Å². The minimum absolute atomic E-state index is 0.407. The van der Waals surface area contributed by atoms with Crippen molar-refractivity contribution < 1.29 is 9.53 Å². The molecule has 1 unspecified atom stereocenters. The Balaban J connectivity index is 1.89. The maximum absolute atomic E-state index is 10.9. The molecule has 1 aliphatic rings. The van der Waals surface area contributed by atoms with Crippen molar-refractivity contribution in [2.45, 2.75) is 26.7 Å². The highest BCUT2D eigenvalue weighted by molar-refractivity contribution is 5.92. The Labute approximate surface area is 102 Å². The first-order valence-electron chi connectivity index (χ1n) is 6.04. The number of benzene rings is 1. The van der Waals surface area contributed by atoms with E-state index in [1.165, 1.54) is 12.8 Å². The molecule has 1 amide bonds. The molecule has 17 heavy (non-hydrogen) atoms. The molecule has 0 radical (unpaired) electrons. The maximum atomic E-state index is 10.9. The summed E-state index contributed by atoms with van der Waals surface area (Å²) in [7, 11) is 0. The first-order chi connectivity index (χ1) is 8.01. The van der Waals surface area contributed by atoms with Crippen molar-refractivity contribution in [2.24, 2.45) is 17.1 Å². The van der Waals surface area contributed by atoms with Crippen molar-refractivity contribution >= 4 is 5.91 Å². The second-order valence-corrected chi connectivity index (χ2v) is 5.25. The average molecular weight is 233 g/mol. The number of hydrogen-bond acceptors (Lipinski definition) is 2. The van der Waals surface area contributed by atoms with Crippen LogP contribution in [-0.2, 0) is 0 Å². The van der Waals surface area contributed by atoms with Crippen LogP contribution < -0.4 is 10.5 Å². The third-order valence-corrected chi connectivity index (χ3v) is 3.87. The van der Waals surface area contributed by atoms with E-state index in [-0.39, 0.29) is 0 Å². The Bertz CT molecular complexity index is 407. The van der Waals surface area contributed by atoms with Crippen molar-refractivity contribution in [1.82, 2.24) is 0 Å². The minimum atomic E-state index is -0.407. The van der Waals surface area contributed by atoms with Crippen molar-refractivity contribution in [2.75, 3.05) is 6.61 Å². The minimum Gasteiger partial charge on any atom is -0.493 e. The summed E-state index contributed by atoms with van der Waals surface area (Å²) in [5.74, 6) is 0.958. The van der Waals surface area contributed by atoms with Gasteiger partial charge in [0.05, 0.1) is 6.61 Å². The quantitative estimate of drug-likeness (QED) is 0.849. The fraction of sp³-hybridized carbons (Fsp3) is 0.500. The Morgan fingerprint density at radius 2 is 2.00 bits per heavy atom. The summed E-state index contributed by atoms with van der Waals surface area (Å²) in [5, 5.41) is 0. The average Bonchev–Trinajstić information content (AvgIpc) is 3.06. The molecule has 1 aromatic rings. The van der Waals surface area contributed by atoms with E-state index < -0.39 is 5.91 Å². The number of primary amides is 1. The highest BCUT2D eigenvalue weighted by atomic mass is 16.5. The van der Waals surface area contributed by atoms with Crippen molar-refractivity contribution in [3.8, 4) is 5.75 Å². The van der Waals surface area contributed by atoms with Crippen molar-refractivity contribution in [1.29, 1.82) is 0 Å². The van der Waals surface area contributed by atoms with Gasteiger partial charge in [-0.15, -0.1) is 0 Å². The molecule has 1 aromatic carbocycles. The smallest absolute Gasteiger partial charge is 0.248 e. The summed E-state index contributed by atoms with van der Waals surface area (Å²) < 4.78 is 5.72. The molecule has 1 aliphatic carbocycles. The molecule has 0 aliphatic heterocycles. The van der Waals surface area contributed by atoms with Crippen LogP contribution >= 0.6 is 0 Å². The van der Waals surface area contributed by atoms with Gasteiger partial charge in [-0.1, -0.05) is 13.8 Å². The molecule has 1 saturated carbocycles. The van der Waals surface area contributed by atoms with Gasteiger partial charge >= 0.3 is 0 Å². The van der Waals surface area contributed by atoms with Crippen LogP contribution in [0.3, 0.4) is 0 Å². The highest BCUT2D eigenvalue weighted by Crippen LogP contribution is 2.51. The molecule has 0 spiro atoms. The van der Waals surface area contributed by atoms with Crippen LogP contribution in [0.2, 0.25) is 0 Å². The van der Waals surface area contributed by atoms with Gasteiger partial charge in [0, 0.05) is 5.56 Å². The van der Waals surface area contributed by atoms with E-state index in [0.717, 1.165) is 12.4 Å². The number of hydrogen-bond donors (Lipinski definition) is 1. The van der Waals surface area contributed by atoms with Gasteiger partial charge in [0.1, 0.15) is 5.75 Å². The monoisotopic (exact) mass is 233 g/mol. The molecule has 0 saturated heterocycles. The summed E-state index contributed by atoms with van der Waals surface area (Å²) in [6.07, 6.45) is 2.61. The molecule has 2 N–H and O–H groups in total. The van der Waals surface area contributed by atoms with E-state index in [1.54, 1.807) is 24.3 Å². The molecule has 0 bridgehead atoms. The lowest BCUT2D eigenvalue weighted by Crippen LogP contribution is -2.17. The first kappa shape index (κ1) is 12.0. The largest absolute Gasteiger partial charge is 0.493 e. The van der Waals surface area contributed by atoms with Crippen LogP contribution in [-0.4, -0.2) is 12.5 Å². The molecule has 92 valence electrons. The molecule has 2 rings (SSSR count). The second-order valence-electron chi connectivity index (χ2n) is 5.25. The first-order valence-corrected chi connectivity index (χ1v) is 6.04. The molecule has 3 nitrogen and oxygen atoms in total. The molecule has 0 aromatic heterocycles. The number of amides is 1. The Hall–Kier alpha value is -1.51. The van der Waals surface area contributed by atoms with Crippen molar-refractivity contribution in [3.63, 3.8) is 0 Å². The number of nitrogens with two attached hydrogens (primary N) is 1.